The predicted molar refractivity (Wildman–Crippen MR) is 116 cm³/mol. The number of nitrogens with one attached hydrogen (secondary N) is 1. The van der Waals surface area contributed by atoms with E-state index in [4.69, 9.17) is 4.74 Å². The van der Waals surface area contributed by atoms with Crippen molar-refractivity contribution in [3.8, 4) is 5.75 Å². The van der Waals surface area contributed by atoms with Crippen LogP contribution in [-0.4, -0.2) is 22.8 Å². The molecule has 0 aliphatic carbocycles. The number of aromatic nitrogens is 2. The predicted octanol–water partition coefficient (Wildman–Crippen LogP) is 3.38. The number of ether oxygens (including phenoxy) is 1. The monoisotopic (exact) mass is 399 g/mol. The van der Waals surface area contributed by atoms with Crippen molar-refractivity contribution < 1.29 is 9.53 Å². The molecule has 0 bridgehead atoms. The summed E-state index contributed by atoms with van der Waals surface area (Å²) in [6.07, 6.45) is 0. The van der Waals surface area contributed by atoms with E-state index in [2.05, 4.69) is 10.4 Å². The molecule has 4 rings (SSSR count). The Morgan fingerprint density at radius 3 is 2.40 bits per heavy atom. The second kappa shape index (κ2) is 8.61. The highest BCUT2D eigenvalue weighted by atomic mass is 16.5. The molecule has 0 fully saturated rings. The molecule has 3 aromatic carbocycles. The summed E-state index contributed by atoms with van der Waals surface area (Å²) in [5, 5.41) is 8.31. The van der Waals surface area contributed by atoms with Gasteiger partial charge >= 0.3 is 0 Å². The summed E-state index contributed by atoms with van der Waals surface area (Å²) in [4.78, 5) is 25.9. The molecule has 0 aliphatic heterocycles. The molecule has 150 valence electrons. The average Bonchev–Trinajstić information content (AvgIpc) is 2.80. The molecule has 0 unspecified atom stereocenters. The van der Waals surface area contributed by atoms with Gasteiger partial charge in [0, 0.05) is 11.9 Å². The van der Waals surface area contributed by atoms with Crippen molar-refractivity contribution >= 4 is 16.7 Å². The van der Waals surface area contributed by atoms with Crippen LogP contribution < -0.4 is 15.6 Å². The van der Waals surface area contributed by atoms with Crippen LogP contribution in [0.25, 0.3) is 10.8 Å². The Morgan fingerprint density at radius 1 is 0.933 bits per heavy atom. The Labute approximate surface area is 173 Å². The van der Waals surface area contributed by atoms with Crippen molar-refractivity contribution in [3.05, 3.63) is 106 Å². The van der Waals surface area contributed by atoms with Crippen molar-refractivity contribution in [2.75, 3.05) is 7.11 Å². The largest absolute Gasteiger partial charge is 0.497 e. The van der Waals surface area contributed by atoms with Gasteiger partial charge in [0.1, 0.15) is 5.75 Å². The van der Waals surface area contributed by atoms with E-state index >= 15 is 0 Å². The van der Waals surface area contributed by atoms with Gasteiger partial charge in [-0.2, -0.15) is 5.10 Å². The molecule has 6 heteroatoms. The van der Waals surface area contributed by atoms with E-state index in [0.717, 1.165) is 16.9 Å². The minimum Gasteiger partial charge on any atom is -0.497 e. The molecule has 0 aliphatic rings. The number of fused-ring (bicyclic) bond motifs is 1. The fraction of sp³-hybridized carbons (Fsp3) is 0.125. The highest BCUT2D eigenvalue weighted by molar-refractivity contribution is 6.04. The van der Waals surface area contributed by atoms with E-state index in [0.29, 0.717) is 23.9 Å². The first-order valence-electron chi connectivity index (χ1n) is 9.60. The summed E-state index contributed by atoms with van der Waals surface area (Å²) in [7, 11) is 1.60. The third-order valence-corrected chi connectivity index (χ3v) is 4.85. The average molecular weight is 399 g/mol. The number of benzene rings is 3. The summed E-state index contributed by atoms with van der Waals surface area (Å²) in [5.74, 6) is 0.387. The van der Waals surface area contributed by atoms with E-state index in [9.17, 15) is 9.59 Å². The summed E-state index contributed by atoms with van der Waals surface area (Å²) in [6, 6.07) is 24.1. The molecule has 6 nitrogen and oxygen atoms in total. The van der Waals surface area contributed by atoms with Crippen LogP contribution in [0.2, 0.25) is 0 Å². The van der Waals surface area contributed by atoms with Gasteiger partial charge in [-0.3, -0.25) is 9.59 Å². The lowest BCUT2D eigenvalue weighted by Crippen LogP contribution is -2.30. The normalized spacial score (nSPS) is 10.7. The van der Waals surface area contributed by atoms with E-state index < -0.39 is 0 Å². The number of carbonyl (C=O) groups excluding carboxylic acids is 1. The van der Waals surface area contributed by atoms with Crippen LogP contribution in [0.15, 0.2) is 83.7 Å². The maximum Gasteiger partial charge on any atom is 0.274 e. The number of rotatable bonds is 6. The second-order valence-corrected chi connectivity index (χ2v) is 6.88. The fourth-order valence-electron chi connectivity index (χ4n) is 3.31. The molecule has 30 heavy (non-hydrogen) atoms. The number of carbonyl (C=O) groups is 1. The second-order valence-electron chi connectivity index (χ2n) is 6.88. The van der Waals surface area contributed by atoms with E-state index in [1.54, 1.807) is 31.4 Å². The minimum absolute atomic E-state index is 0.223. The molecule has 4 aromatic rings. The Morgan fingerprint density at radius 2 is 1.63 bits per heavy atom. The first kappa shape index (κ1) is 19.4. The molecule has 0 radical (unpaired) electrons. The van der Waals surface area contributed by atoms with Crippen molar-refractivity contribution in [2.45, 2.75) is 13.1 Å². The maximum atomic E-state index is 13.0. The topological polar surface area (TPSA) is 73.2 Å². The van der Waals surface area contributed by atoms with Crippen molar-refractivity contribution in [2.24, 2.45) is 0 Å². The molecular weight excluding hydrogens is 378 g/mol. The van der Waals surface area contributed by atoms with Crippen LogP contribution in [0.4, 0.5) is 0 Å². The van der Waals surface area contributed by atoms with Crippen LogP contribution in [0, 0.1) is 0 Å². The van der Waals surface area contributed by atoms with E-state index in [1.165, 1.54) is 4.68 Å². The molecule has 1 amide bonds. The summed E-state index contributed by atoms with van der Waals surface area (Å²) in [6.45, 7) is 0.616. The first-order valence-corrected chi connectivity index (χ1v) is 9.60. The number of methoxy groups -OCH3 is 1. The molecule has 0 spiro atoms. The number of hydrogen-bond donors (Lipinski definition) is 1. The fourth-order valence-corrected chi connectivity index (χ4v) is 3.31. The quantitative estimate of drug-likeness (QED) is 0.539. The Kier molecular flexibility index (Phi) is 5.57. The standard InChI is InChI=1S/C24H21N3O3/c1-30-19-11-7-10-18(14-19)15-25-23(28)22-20-12-5-6-13-21(20)24(29)27(26-22)16-17-8-3-2-4-9-17/h2-14H,15-16H2,1H3,(H,25,28). The Balaban J connectivity index is 1.67. The number of hydrogen-bond acceptors (Lipinski definition) is 4. The summed E-state index contributed by atoms with van der Waals surface area (Å²) < 4.78 is 6.57. The molecule has 1 aromatic heterocycles. The lowest BCUT2D eigenvalue weighted by atomic mass is 10.1. The van der Waals surface area contributed by atoms with Crippen LogP contribution in [-0.2, 0) is 13.1 Å². The van der Waals surface area contributed by atoms with Crippen molar-refractivity contribution in [1.82, 2.24) is 15.1 Å². The maximum absolute atomic E-state index is 13.0. The third kappa shape index (κ3) is 4.07. The molecule has 1 N–H and O–H groups in total. The van der Waals surface area contributed by atoms with Crippen molar-refractivity contribution in [1.29, 1.82) is 0 Å². The zero-order valence-electron chi connectivity index (χ0n) is 16.5. The Bertz CT molecular complexity index is 1250. The van der Waals surface area contributed by atoms with Crippen LogP contribution in [0.5, 0.6) is 5.75 Å². The van der Waals surface area contributed by atoms with Crippen LogP contribution >= 0.6 is 0 Å². The lowest BCUT2D eigenvalue weighted by Gasteiger charge is -2.12. The molecule has 0 saturated heterocycles. The van der Waals surface area contributed by atoms with Gasteiger partial charge in [0.2, 0.25) is 0 Å². The van der Waals surface area contributed by atoms with Crippen LogP contribution in [0.1, 0.15) is 21.6 Å². The Hall–Kier alpha value is -3.93. The smallest absolute Gasteiger partial charge is 0.274 e. The first-order chi connectivity index (χ1) is 14.7. The van der Waals surface area contributed by atoms with Gasteiger partial charge in [0.25, 0.3) is 11.5 Å². The van der Waals surface area contributed by atoms with Crippen molar-refractivity contribution in [3.63, 3.8) is 0 Å². The summed E-state index contributed by atoms with van der Waals surface area (Å²) in [5.41, 5.74) is 1.84. The zero-order valence-corrected chi connectivity index (χ0v) is 16.5. The highest BCUT2D eigenvalue weighted by Gasteiger charge is 2.16. The van der Waals surface area contributed by atoms with Gasteiger partial charge in [-0.15, -0.1) is 0 Å². The van der Waals surface area contributed by atoms with Gasteiger partial charge in [0.05, 0.1) is 19.0 Å². The molecule has 0 atom stereocenters. The van der Waals surface area contributed by atoms with Gasteiger partial charge in [0.15, 0.2) is 5.69 Å². The molecule has 0 saturated carbocycles. The third-order valence-electron chi connectivity index (χ3n) is 4.85. The zero-order chi connectivity index (χ0) is 20.9. The van der Waals surface area contributed by atoms with Gasteiger partial charge in [-0.25, -0.2) is 4.68 Å². The number of nitrogens with zero attached hydrogens (tertiary/aromatic N) is 2. The molecular formula is C24H21N3O3. The number of amides is 1. The van der Waals surface area contributed by atoms with E-state index in [-0.39, 0.29) is 17.2 Å². The lowest BCUT2D eigenvalue weighted by molar-refractivity contribution is 0.0945. The SMILES string of the molecule is COc1cccc(CNC(=O)c2nn(Cc3ccccc3)c(=O)c3ccccc23)c1. The summed E-state index contributed by atoms with van der Waals surface area (Å²) >= 11 is 0. The van der Waals surface area contributed by atoms with Gasteiger partial charge in [-0.05, 0) is 29.3 Å². The van der Waals surface area contributed by atoms with Gasteiger partial charge < -0.3 is 10.1 Å². The van der Waals surface area contributed by atoms with Crippen LogP contribution in [0.3, 0.4) is 0 Å². The minimum atomic E-state index is -0.337. The molecule has 1 heterocycles. The highest BCUT2D eigenvalue weighted by Crippen LogP contribution is 2.15. The van der Waals surface area contributed by atoms with Gasteiger partial charge in [-0.1, -0.05) is 60.7 Å². The van der Waals surface area contributed by atoms with E-state index in [1.807, 2.05) is 54.6 Å².